The molecule has 6 nitrogen and oxygen atoms in total. The third-order valence-corrected chi connectivity index (χ3v) is 5.79. The Bertz CT molecular complexity index is 1000. The van der Waals surface area contributed by atoms with E-state index in [1.807, 2.05) is 12.1 Å². The van der Waals surface area contributed by atoms with Crippen LogP contribution in [-0.2, 0) is 4.79 Å². The smallest absolute Gasteiger partial charge is 0.340 e. The second-order valence-electron chi connectivity index (χ2n) is 5.56. The zero-order chi connectivity index (χ0) is 20.4. The number of carbonyl (C=O) groups excluding carboxylic acids is 1. The second-order valence-corrected chi connectivity index (χ2v) is 8.16. The van der Waals surface area contributed by atoms with E-state index in [0.29, 0.717) is 26.2 Å². The molecular weight excluding hydrogens is 466 g/mol. The van der Waals surface area contributed by atoms with Crippen LogP contribution < -0.4 is 14.4 Å². The number of thiocarbonyl (C=S) groups is 1. The molecule has 2 aromatic rings. The summed E-state index contributed by atoms with van der Waals surface area (Å²) in [5.41, 5.74) is 0.872. The Kier molecular flexibility index (Phi) is 6.07. The van der Waals surface area contributed by atoms with E-state index in [1.54, 1.807) is 24.3 Å². The fraction of sp³-hybridized carbons (Fsp3) is 0.105. The van der Waals surface area contributed by atoms with Gasteiger partial charge in [0.15, 0.2) is 15.8 Å². The Morgan fingerprint density at radius 1 is 1.18 bits per heavy atom. The molecule has 1 fully saturated rings. The predicted molar refractivity (Wildman–Crippen MR) is 116 cm³/mol. The summed E-state index contributed by atoms with van der Waals surface area (Å²) < 4.78 is 11.6. The largest absolute Gasteiger partial charge is 0.493 e. The molecule has 3 rings (SSSR count). The van der Waals surface area contributed by atoms with Gasteiger partial charge in [0.2, 0.25) is 0 Å². The highest BCUT2D eigenvalue weighted by atomic mass is 79.9. The molecule has 144 valence electrons. The summed E-state index contributed by atoms with van der Waals surface area (Å²) >= 11 is 9.82. The standard InChI is InChI=1S/C19H14BrNO5S2/c1-25-13-8-3-10(15(18(23)24)16(13)26-2)9-14-17(22)21(19(27)28-14)12-6-4-11(20)5-7-12/h3-9H,1-2H3,(H,23,24)/b14-9+. The molecule has 0 aromatic heterocycles. The number of amides is 1. The van der Waals surface area contributed by atoms with Crippen molar-refractivity contribution in [3.63, 3.8) is 0 Å². The first-order valence-electron chi connectivity index (χ1n) is 7.89. The van der Waals surface area contributed by atoms with Crippen molar-refractivity contribution in [3.05, 3.63) is 56.9 Å². The van der Waals surface area contributed by atoms with Crippen LogP contribution in [0.15, 0.2) is 45.8 Å². The van der Waals surface area contributed by atoms with E-state index in [1.165, 1.54) is 25.2 Å². The van der Waals surface area contributed by atoms with Gasteiger partial charge in [-0.05, 0) is 42.0 Å². The van der Waals surface area contributed by atoms with Crippen LogP contribution in [0, 0.1) is 0 Å². The number of hydrogen-bond donors (Lipinski definition) is 1. The van der Waals surface area contributed by atoms with E-state index in [0.717, 1.165) is 16.2 Å². The van der Waals surface area contributed by atoms with Gasteiger partial charge in [0.05, 0.1) is 24.8 Å². The van der Waals surface area contributed by atoms with Crippen molar-refractivity contribution in [2.24, 2.45) is 0 Å². The highest BCUT2D eigenvalue weighted by Crippen LogP contribution is 2.39. The molecule has 1 heterocycles. The molecule has 0 atom stereocenters. The number of carboxylic acid groups (broad SMARTS) is 1. The summed E-state index contributed by atoms with van der Waals surface area (Å²) in [6, 6.07) is 10.3. The van der Waals surface area contributed by atoms with Crippen LogP contribution in [0.5, 0.6) is 11.5 Å². The average molecular weight is 480 g/mol. The van der Waals surface area contributed by atoms with E-state index in [-0.39, 0.29) is 17.2 Å². The monoisotopic (exact) mass is 479 g/mol. The van der Waals surface area contributed by atoms with Crippen molar-refractivity contribution >= 4 is 67.9 Å². The molecule has 2 aromatic carbocycles. The number of thioether (sulfide) groups is 1. The number of rotatable bonds is 5. The minimum atomic E-state index is -1.19. The quantitative estimate of drug-likeness (QED) is 0.496. The molecule has 1 aliphatic rings. The Labute approximate surface area is 179 Å². The van der Waals surface area contributed by atoms with Crippen LogP contribution in [0.4, 0.5) is 5.69 Å². The van der Waals surface area contributed by atoms with Gasteiger partial charge in [-0.15, -0.1) is 0 Å². The number of nitrogens with zero attached hydrogens (tertiary/aromatic N) is 1. The maximum absolute atomic E-state index is 12.9. The molecule has 1 N–H and O–H groups in total. The highest BCUT2D eigenvalue weighted by Gasteiger charge is 2.34. The first kappa shape index (κ1) is 20.4. The summed E-state index contributed by atoms with van der Waals surface area (Å²) in [6.45, 7) is 0. The first-order chi connectivity index (χ1) is 13.4. The fourth-order valence-corrected chi connectivity index (χ4v) is 4.26. The molecule has 0 aliphatic carbocycles. The molecule has 1 amide bonds. The van der Waals surface area contributed by atoms with Gasteiger partial charge in [-0.2, -0.15) is 0 Å². The fourth-order valence-electron chi connectivity index (χ4n) is 2.70. The third-order valence-electron chi connectivity index (χ3n) is 3.96. The number of aromatic carboxylic acids is 1. The molecule has 0 saturated carbocycles. The molecular formula is C19H14BrNO5S2. The Morgan fingerprint density at radius 3 is 2.43 bits per heavy atom. The maximum atomic E-state index is 12.9. The van der Waals surface area contributed by atoms with Gasteiger partial charge in [0.1, 0.15) is 5.56 Å². The number of ether oxygens (including phenoxy) is 2. The highest BCUT2D eigenvalue weighted by molar-refractivity contribution is 9.10. The molecule has 1 saturated heterocycles. The Hall–Kier alpha value is -2.36. The Balaban J connectivity index is 2.05. The zero-order valence-electron chi connectivity index (χ0n) is 14.8. The molecule has 0 spiro atoms. The van der Waals surface area contributed by atoms with E-state index in [2.05, 4.69) is 15.9 Å². The van der Waals surface area contributed by atoms with E-state index in [9.17, 15) is 14.7 Å². The van der Waals surface area contributed by atoms with Crippen LogP contribution in [0.1, 0.15) is 15.9 Å². The number of hydrogen-bond acceptors (Lipinski definition) is 6. The first-order valence-corrected chi connectivity index (χ1v) is 9.91. The lowest BCUT2D eigenvalue weighted by atomic mass is 10.0. The van der Waals surface area contributed by atoms with Crippen molar-refractivity contribution in [2.45, 2.75) is 0 Å². The van der Waals surface area contributed by atoms with E-state index >= 15 is 0 Å². The van der Waals surface area contributed by atoms with Crippen LogP contribution in [0.2, 0.25) is 0 Å². The number of carboxylic acids is 1. The SMILES string of the molecule is COc1ccc(/C=C2/SC(=S)N(c3ccc(Br)cc3)C2=O)c(C(=O)O)c1OC. The van der Waals surface area contributed by atoms with Crippen molar-refractivity contribution < 1.29 is 24.2 Å². The van der Waals surface area contributed by atoms with Gasteiger partial charge in [0.25, 0.3) is 5.91 Å². The third kappa shape index (κ3) is 3.78. The van der Waals surface area contributed by atoms with Crippen LogP contribution >= 0.6 is 39.9 Å². The van der Waals surface area contributed by atoms with Gasteiger partial charge < -0.3 is 14.6 Å². The van der Waals surface area contributed by atoms with Crippen LogP contribution in [0.3, 0.4) is 0 Å². The van der Waals surface area contributed by atoms with Gasteiger partial charge in [0, 0.05) is 4.47 Å². The number of benzene rings is 2. The zero-order valence-corrected chi connectivity index (χ0v) is 18.0. The van der Waals surface area contributed by atoms with Crippen molar-refractivity contribution in [1.29, 1.82) is 0 Å². The van der Waals surface area contributed by atoms with Gasteiger partial charge >= 0.3 is 5.97 Å². The minimum absolute atomic E-state index is 0.0873. The molecule has 9 heteroatoms. The number of carbonyl (C=O) groups is 2. The normalized spacial score (nSPS) is 15.2. The summed E-state index contributed by atoms with van der Waals surface area (Å²) in [4.78, 5) is 26.4. The van der Waals surface area contributed by atoms with Gasteiger partial charge in [-0.3, -0.25) is 9.69 Å². The lowest BCUT2D eigenvalue weighted by Crippen LogP contribution is -2.27. The van der Waals surface area contributed by atoms with Gasteiger partial charge in [-0.1, -0.05) is 46.0 Å². The van der Waals surface area contributed by atoms with Crippen molar-refractivity contribution in [1.82, 2.24) is 0 Å². The van der Waals surface area contributed by atoms with Crippen molar-refractivity contribution in [2.75, 3.05) is 19.1 Å². The van der Waals surface area contributed by atoms with Gasteiger partial charge in [-0.25, -0.2) is 4.79 Å². The molecule has 0 radical (unpaired) electrons. The van der Waals surface area contributed by atoms with Crippen molar-refractivity contribution in [3.8, 4) is 11.5 Å². The molecule has 1 aliphatic heterocycles. The van der Waals surface area contributed by atoms with Crippen LogP contribution in [-0.4, -0.2) is 35.5 Å². The lowest BCUT2D eigenvalue weighted by molar-refractivity contribution is -0.113. The summed E-state index contributed by atoms with van der Waals surface area (Å²) in [5.74, 6) is -1.12. The Morgan fingerprint density at radius 2 is 1.86 bits per heavy atom. The molecule has 0 bridgehead atoms. The van der Waals surface area contributed by atoms with E-state index < -0.39 is 5.97 Å². The molecule has 0 unspecified atom stereocenters. The molecule has 28 heavy (non-hydrogen) atoms. The predicted octanol–water partition coefficient (Wildman–Crippen LogP) is 4.57. The number of methoxy groups -OCH3 is 2. The second kappa shape index (κ2) is 8.34. The average Bonchev–Trinajstić information content (AvgIpc) is 2.95. The summed E-state index contributed by atoms with van der Waals surface area (Å²) in [5, 5.41) is 9.65. The number of halogens is 1. The summed E-state index contributed by atoms with van der Waals surface area (Å²) in [7, 11) is 2.79. The number of anilines is 1. The van der Waals surface area contributed by atoms with Crippen LogP contribution in [0.25, 0.3) is 6.08 Å². The topological polar surface area (TPSA) is 76.1 Å². The lowest BCUT2D eigenvalue weighted by Gasteiger charge is -2.14. The maximum Gasteiger partial charge on any atom is 0.340 e. The summed E-state index contributed by atoms with van der Waals surface area (Å²) in [6.07, 6.45) is 1.50. The van der Waals surface area contributed by atoms with E-state index in [4.69, 9.17) is 21.7 Å². The minimum Gasteiger partial charge on any atom is -0.493 e.